The standard InChI is InChI=1S/C30H22BrClF2N4O4/c1-15-10-23(37-16-4-6-20(33)19(31)11-16)28(29(32)36-15)30(39)38-17-5-7-25(21(34)12-17)42-24-8-9-35-22-14-27(41-3)26(40-2)13-18(22)24/h4-14H,1-3H3,(H,36,37)(H,38,39). The van der Waals surface area contributed by atoms with Crippen LogP contribution in [0, 0.1) is 18.6 Å². The van der Waals surface area contributed by atoms with Gasteiger partial charge in [0, 0.05) is 40.8 Å². The molecule has 0 saturated carbocycles. The van der Waals surface area contributed by atoms with Crippen molar-refractivity contribution in [3.05, 3.63) is 99.4 Å². The maximum atomic E-state index is 15.2. The van der Waals surface area contributed by atoms with E-state index < -0.39 is 17.5 Å². The Morgan fingerprint density at radius 3 is 2.33 bits per heavy atom. The Morgan fingerprint density at radius 2 is 1.62 bits per heavy atom. The molecule has 5 rings (SSSR count). The summed E-state index contributed by atoms with van der Waals surface area (Å²) in [5, 5.41) is 6.24. The van der Waals surface area contributed by atoms with E-state index in [1.807, 2.05) is 0 Å². The topological polar surface area (TPSA) is 94.6 Å². The number of aryl methyl sites for hydroxylation is 1. The van der Waals surface area contributed by atoms with Gasteiger partial charge in [0.1, 0.15) is 22.3 Å². The summed E-state index contributed by atoms with van der Waals surface area (Å²) in [6, 6.07) is 14.9. The van der Waals surface area contributed by atoms with E-state index in [4.69, 9.17) is 25.8 Å². The molecule has 0 spiro atoms. The zero-order valence-electron chi connectivity index (χ0n) is 22.4. The third-order valence-electron chi connectivity index (χ3n) is 6.15. The summed E-state index contributed by atoms with van der Waals surface area (Å²) in [7, 11) is 3.03. The number of hydrogen-bond donors (Lipinski definition) is 2. The van der Waals surface area contributed by atoms with Crippen LogP contribution in [-0.4, -0.2) is 30.1 Å². The van der Waals surface area contributed by atoms with E-state index in [1.165, 1.54) is 50.7 Å². The second-order valence-corrected chi connectivity index (χ2v) is 10.2. The van der Waals surface area contributed by atoms with Gasteiger partial charge in [0.05, 0.1) is 29.9 Å². The number of ether oxygens (including phenoxy) is 3. The normalized spacial score (nSPS) is 10.8. The maximum Gasteiger partial charge on any atom is 0.260 e. The molecule has 214 valence electrons. The molecule has 2 heterocycles. The van der Waals surface area contributed by atoms with E-state index in [9.17, 15) is 9.18 Å². The van der Waals surface area contributed by atoms with E-state index in [0.717, 1.165) is 6.07 Å². The van der Waals surface area contributed by atoms with Gasteiger partial charge < -0.3 is 24.8 Å². The molecule has 42 heavy (non-hydrogen) atoms. The van der Waals surface area contributed by atoms with Crippen molar-refractivity contribution in [1.82, 2.24) is 9.97 Å². The van der Waals surface area contributed by atoms with E-state index >= 15 is 4.39 Å². The first-order valence-corrected chi connectivity index (χ1v) is 13.5. The second kappa shape index (κ2) is 12.2. The van der Waals surface area contributed by atoms with Crippen LogP contribution in [0.2, 0.25) is 5.15 Å². The number of rotatable bonds is 8. The fraction of sp³-hybridized carbons (Fsp3) is 0.100. The number of pyridine rings is 2. The van der Waals surface area contributed by atoms with Crippen LogP contribution < -0.4 is 24.8 Å². The number of methoxy groups -OCH3 is 2. The number of hydrogen-bond acceptors (Lipinski definition) is 7. The van der Waals surface area contributed by atoms with Crippen LogP contribution in [0.25, 0.3) is 10.9 Å². The molecule has 0 fully saturated rings. The number of halogens is 4. The Labute approximate surface area is 252 Å². The predicted octanol–water partition coefficient (Wildman–Crippen LogP) is 8.44. The van der Waals surface area contributed by atoms with E-state index in [1.54, 1.807) is 31.2 Å². The molecule has 1 amide bonds. The lowest BCUT2D eigenvalue weighted by atomic mass is 10.1. The Morgan fingerprint density at radius 1 is 0.881 bits per heavy atom. The first-order valence-electron chi connectivity index (χ1n) is 12.4. The smallest absolute Gasteiger partial charge is 0.260 e. The SMILES string of the molecule is COc1cc2nccc(Oc3ccc(NC(=O)c4c(Nc5ccc(F)c(Br)c5)cc(C)nc4Cl)cc3F)c2cc1OC. The van der Waals surface area contributed by atoms with Crippen LogP contribution >= 0.6 is 27.5 Å². The number of nitrogens with zero attached hydrogens (tertiary/aromatic N) is 2. The van der Waals surface area contributed by atoms with E-state index in [-0.39, 0.29) is 26.6 Å². The van der Waals surface area contributed by atoms with Crippen LogP contribution in [0.4, 0.5) is 25.8 Å². The molecule has 12 heteroatoms. The highest BCUT2D eigenvalue weighted by Gasteiger charge is 2.20. The maximum absolute atomic E-state index is 15.2. The molecule has 0 radical (unpaired) electrons. The summed E-state index contributed by atoms with van der Waals surface area (Å²) in [4.78, 5) is 21.8. The second-order valence-electron chi connectivity index (χ2n) is 8.97. The lowest BCUT2D eigenvalue weighted by molar-refractivity contribution is 0.102. The van der Waals surface area contributed by atoms with Crippen LogP contribution in [-0.2, 0) is 0 Å². The van der Waals surface area contributed by atoms with Crippen molar-refractivity contribution in [2.24, 2.45) is 0 Å². The summed E-state index contributed by atoms with van der Waals surface area (Å²) in [6.07, 6.45) is 1.53. The molecular formula is C30H22BrClF2N4O4. The molecule has 8 nitrogen and oxygen atoms in total. The molecule has 0 aliphatic heterocycles. The van der Waals surface area contributed by atoms with Gasteiger partial charge in [-0.15, -0.1) is 0 Å². The average Bonchev–Trinajstić information content (AvgIpc) is 2.95. The van der Waals surface area contributed by atoms with Gasteiger partial charge in [0.25, 0.3) is 5.91 Å². The molecular weight excluding hydrogens is 634 g/mol. The van der Waals surface area contributed by atoms with Crippen molar-refractivity contribution in [2.75, 3.05) is 24.9 Å². The van der Waals surface area contributed by atoms with Crippen molar-refractivity contribution >= 4 is 61.4 Å². The number of anilines is 3. The third kappa shape index (κ3) is 6.07. The van der Waals surface area contributed by atoms with E-state index in [0.29, 0.717) is 45.2 Å². The summed E-state index contributed by atoms with van der Waals surface area (Å²) in [6.45, 7) is 1.71. The molecule has 0 bridgehead atoms. The summed E-state index contributed by atoms with van der Waals surface area (Å²) >= 11 is 9.50. The highest BCUT2D eigenvalue weighted by Crippen LogP contribution is 2.38. The average molecular weight is 656 g/mol. The van der Waals surface area contributed by atoms with Crippen LogP contribution in [0.15, 0.2) is 71.3 Å². The summed E-state index contributed by atoms with van der Waals surface area (Å²) in [5.41, 5.74) is 2.13. The van der Waals surface area contributed by atoms with E-state index in [2.05, 4.69) is 36.5 Å². The van der Waals surface area contributed by atoms with Gasteiger partial charge in [0.15, 0.2) is 23.1 Å². The van der Waals surface area contributed by atoms with Gasteiger partial charge in [0.2, 0.25) is 0 Å². The molecule has 5 aromatic rings. The Bertz CT molecular complexity index is 1840. The van der Waals surface area contributed by atoms with Crippen LogP contribution in [0.5, 0.6) is 23.0 Å². The number of amides is 1. The van der Waals surface area contributed by atoms with Gasteiger partial charge >= 0.3 is 0 Å². The first-order chi connectivity index (χ1) is 20.2. The van der Waals surface area contributed by atoms with Gasteiger partial charge in [-0.1, -0.05) is 11.6 Å². The lowest BCUT2D eigenvalue weighted by Crippen LogP contribution is -2.16. The number of nitrogens with one attached hydrogen (secondary N) is 2. The van der Waals surface area contributed by atoms with Crippen molar-refractivity contribution in [1.29, 1.82) is 0 Å². The van der Waals surface area contributed by atoms with Crippen molar-refractivity contribution < 1.29 is 27.8 Å². The molecule has 0 unspecified atom stereocenters. The minimum Gasteiger partial charge on any atom is -0.493 e. The quantitative estimate of drug-likeness (QED) is 0.162. The molecule has 0 aliphatic rings. The number of benzene rings is 3. The largest absolute Gasteiger partial charge is 0.493 e. The minimum absolute atomic E-state index is 0.0241. The zero-order valence-corrected chi connectivity index (χ0v) is 24.7. The van der Waals surface area contributed by atoms with Crippen molar-refractivity contribution in [3.63, 3.8) is 0 Å². The number of carbonyl (C=O) groups is 1. The van der Waals surface area contributed by atoms with Gasteiger partial charge in [-0.25, -0.2) is 13.8 Å². The number of carbonyl (C=O) groups excluding carboxylic acids is 1. The predicted molar refractivity (Wildman–Crippen MR) is 161 cm³/mol. The van der Waals surface area contributed by atoms with Crippen molar-refractivity contribution in [3.8, 4) is 23.0 Å². The molecule has 0 saturated heterocycles. The van der Waals surface area contributed by atoms with Crippen LogP contribution in [0.1, 0.15) is 16.1 Å². The Hall–Kier alpha value is -4.48. The Balaban J connectivity index is 1.40. The summed E-state index contributed by atoms with van der Waals surface area (Å²) in [5.74, 6) is -0.563. The monoisotopic (exact) mass is 654 g/mol. The molecule has 2 N–H and O–H groups in total. The summed E-state index contributed by atoms with van der Waals surface area (Å²) < 4.78 is 45.7. The van der Waals surface area contributed by atoms with Gasteiger partial charge in [-0.2, -0.15) is 0 Å². The van der Waals surface area contributed by atoms with Gasteiger partial charge in [-0.05, 0) is 71.4 Å². The minimum atomic E-state index is -0.721. The first kappa shape index (κ1) is 29.0. The van der Waals surface area contributed by atoms with Gasteiger partial charge in [-0.3, -0.25) is 9.78 Å². The fourth-order valence-electron chi connectivity index (χ4n) is 4.19. The molecule has 2 aromatic heterocycles. The highest BCUT2D eigenvalue weighted by molar-refractivity contribution is 9.10. The molecule has 3 aromatic carbocycles. The molecule has 0 atom stereocenters. The third-order valence-corrected chi connectivity index (χ3v) is 7.03. The Kier molecular flexibility index (Phi) is 8.41. The zero-order chi connectivity index (χ0) is 30.0. The number of aromatic nitrogens is 2. The van der Waals surface area contributed by atoms with Crippen LogP contribution in [0.3, 0.4) is 0 Å². The fourth-order valence-corrected chi connectivity index (χ4v) is 4.89. The van der Waals surface area contributed by atoms with Crippen molar-refractivity contribution in [2.45, 2.75) is 6.92 Å². The highest BCUT2D eigenvalue weighted by atomic mass is 79.9. The number of fused-ring (bicyclic) bond motifs is 1. The molecule has 0 aliphatic carbocycles. The lowest BCUT2D eigenvalue weighted by Gasteiger charge is -2.15.